The molecule has 0 fully saturated rings. The van der Waals surface area contributed by atoms with Crippen LogP contribution in [0, 0.1) is 0 Å². The monoisotopic (exact) mass is 245 g/mol. The third-order valence-electron chi connectivity index (χ3n) is 2.20. The Bertz CT molecular complexity index is 378. The van der Waals surface area contributed by atoms with E-state index < -0.39 is 0 Å². The van der Waals surface area contributed by atoms with Crippen molar-refractivity contribution in [1.82, 2.24) is 15.3 Å². The van der Waals surface area contributed by atoms with E-state index in [1.807, 2.05) is 48.8 Å². The molecule has 4 heteroatoms. The van der Waals surface area contributed by atoms with Gasteiger partial charge in [-0.3, -0.25) is 4.98 Å². The Morgan fingerprint density at radius 3 is 2.53 bits per heavy atom. The quantitative estimate of drug-likeness (QED) is 0.626. The first-order chi connectivity index (χ1) is 8.45. The van der Waals surface area contributed by atoms with E-state index >= 15 is 0 Å². The van der Waals surface area contributed by atoms with Crippen molar-refractivity contribution in [2.45, 2.75) is 11.6 Å². The summed E-state index contributed by atoms with van der Waals surface area (Å²) in [5.74, 6) is 1.02. The summed E-state index contributed by atoms with van der Waals surface area (Å²) < 4.78 is 0. The van der Waals surface area contributed by atoms with Crippen LogP contribution in [0.1, 0.15) is 5.69 Å². The molecule has 0 amide bonds. The molecule has 0 spiro atoms. The topological polar surface area (TPSA) is 37.8 Å². The van der Waals surface area contributed by atoms with Crippen molar-refractivity contribution < 1.29 is 0 Å². The van der Waals surface area contributed by atoms with Crippen LogP contribution in [0.4, 0.5) is 0 Å². The summed E-state index contributed by atoms with van der Waals surface area (Å²) in [5.41, 5.74) is 1.08. The van der Waals surface area contributed by atoms with Gasteiger partial charge in [0.1, 0.15) is 0 Å². The van der Waals surface area contributed by atoms with Crippen LogP contribution in [0.15, 0.2) is 53.8 Å². The zero-order chi connectivity index (χ0) is 11.8. The van der Waals surface area contributed by atoms with Crippen LogP contribution in [0.25, 0.3) is 0 Å². The van der Waals surface area contributed by atoms with Crippen molar-refractivity contribution in [1.29, 1.82) is 0 Å². The standard InChI is InChI=1S/C13H15N3S/c1-3-7-15-12(5-1)11-14-9-10-17-13-6-2-4-8-16-13/h1-8,14H,9-11H2. The minimum Gasteiger partial charge on any atom is -0.310 e. The predicted octanol–water partition coefficient (Wildman–Crippen LogP) is 2.36. The maximum atomic E-state index is 4.26. The highest BCUT2D eigenvalue weighted by molar-refractivity contribution is 7.99. The van der Waals surface area contributed by atoms with Crippen LogP contribution >= 0.6 is 11.8 Å². The van der Waals surface area contributed by atoms with E-state index in [1.165, 1.54) is 0 Å². The molecule has 0 saturated carbocycles. The van der Waals surface area contributed by atoms with E-state index in [0.29, 0.717) is 0 Å². The van der Waals surface area contributed by atoms with Gasteiger partial charge in [-0.25, -0.2) is 4.98 Å². The normalized spacial score (nSPS) is 10.4. The maximum Gasteiger partial charge on any atom is 0.0960 e. The molecule has 0 aliphatic carbocycles. The van der Waals surface area contributed by atoms with Crippen LogP contribution in [0.3, 0.4) is 0 Å². The number of nitrogens with one attached hydrogen (secondary N) is 1. The molecule has 0 atom stereocenters. The van der Waals surface area contributed by atoms with Crippen LogP contribution in [0.5, 0.6) is 0 Å². The lowest BCUT2D eigenvalue weighted by atomic mass is 10.3. The first-order valence-electron chi connectivity index (χ1n) is 5.59. The number of nitrogens with zero attached hydrogens (tertiary/aromatic N) is 2. The molecule has 0 aliphatic heterocycles. The summed E-state index contributed by atoms with van der Waals surface area (Å²) in [5, 5.41) is 4.44. The van der Waals surface area contributed by atoms with Gasteiger partial charge in [-0.15, -0.1) is 11.8 Å². The zero-order valence-corrected chi connectivity index (χ0v) is 10.4. The Morgan fingerprint density at radius 1 is 1.00 bits per heavy atom. The molecule has 2 heterocycles. The summed E-state index contributed by atoms with van der Waals surface area (Å²) in [4.78, 5) is 8.51. The maximum absolute atomic E-state index is 4.26. The highest BCUT2D eigenvalue weighted by Crippen LogP contribution is 2.12. The molecule has 2 aromatic rings. The molecule has 2 aromatic heterocycles. The van der Waals surface area contributed by atoms with Crippen molar-refractivity contribution in [3.05, 3.63) is 54.5 Å². The summed E-state index contributed by atoms with van der Waals surface area (Å²) in [7, 11) is 0. The van der Waals surface area contributed by atoms with Gasteiger partial charge in [-0.2, -0.15) is 0 Å². The Morgan fingerprint density at radius 2 is 1.82 bits per heavy atom. The minimum atomic E-state index is 0.823. The predicted molar refractivity (Wildman–Crippen MR) is 70.9 cm³/mol. The largest absolute Gasteiger partial charge is 0.310 e. The molecule has 0 bridgehead atoms. The van der Waals surface area contributed by atoms with Crippen molar-refractivity contribution in [2.75, 3.05) is 12.3 Å². The lowest BCUT2D eigenvalue weighted by Crippen LogP contribution is -2.17. The average molecular weight is 245 g/mol. The highest BCUT2D eigenvalue weighted by atomic mass is 32.2. The van der Waals surface area contributed by atoms with Gasteiger partial charge in [0.15, 0.2) is 0 Å². The molecule has 0 aromatic carbocycles. The van der Waals surface area contributed by atoms with Crippen molar-refractivity contribution >= 4 is 11.8 Å². The number of hydrogen-bond acceptors (Lipinski definition) is 4. The first kappa shape index (κ1) is 12.1. The van der Waals surface area contributed by atoms with Gasteiger partial charge in [0.2, 0.25) is 0 Å². The summed E-state index contributed by atoms with van der Waals surface area (Å²) >= 11 is 1.76. The third kappa shape index (κ3) is 4.54. The highest BCUT2D eigenvalue weighted by Gasteiger charge is 1.95. The van der Waals surface area contributed by atoms with E-state index in [1.54, 1.807) is 11.8 Å². The van der Waals surface area contributed by atoms with Gasteiger partial charge in [0, 0.05) is 31.2 Å². The lowest BCUT2D eigenvalue weighted by molar-refractivity contribution is 0.715. The molecule has 0 aliphatic rings. The van der Waals surface area contributed by atoms with Gasteiger partial charge in [-0.05, 0) is 24.3 Å². The van der Waals surface area contributed by atoms with Crippen LogP contribution in [-0.4, -0.2) is 22.3 Å². The smallest absolute Gasteiger partial charge is 0.0960 e. The minimum absolute atomic E-state index is 0.823. The SMILES string of the molecule is c1ccc(CNCCSc2ccccn2)nc1. The van der Waals surface area contributed by atoms with Crippen LogP contribution in [-0.2, 0) is 6.54 Å². The fourth-order valence-corrected chi connectivity index (χ4v) is 2.15. The molecular weight excluding hydrogens is 230 g/mol. The first-order valence-corrected chi connectivity index (χ1v) is 6.58. The Balaban J connectivity index is 1.61. The van der Waals surface area contributed by atoms with Crippen molar-refractivity contribution in [3.8, 4) is 0 Å². The van der Waals surface area contributed by atoms with Crippen molar-refractivity contribution in [3.63, 3.8) is 0 Å². The molecule has 17 heavy (non-hydrogen) atoms. The molecule has 3 nitrogen and oxygen atoms in total. The lowest BCUT2D eigenvalue weighted by Gasteiger charge is -2.03. The number of thioether (sulfide) groups is 1. The number of hydrogen-bond donors (Lipinski definition) is 1. The Kier molecular flexibility index (Phi) is 5.00. The summed E-state index contributed by atoms with van der Waals surface area (Å²) in [6.07, 6.45) is 3.64. The molecule has 0 radical (unpaired) electrons. The van der Waals surface area contributed by atoms with E-state index in [2.05, 4.69) is 15.3 Å². The molecule has 1 N–H and O–H groups in total. The van der Waals surface area contributed by atoms with E-state index in [-0.39, 0.29) is 0 Å². The summed E-state index contributed by atoms with van der Waals surface area (Å²) in [6.45, 7) is 1.78. The number of pyridine rings is 2. The Hall–Kier alpha value is -1.39. The fourth-order valence-electron chi connectivity index (χ4n) is 1.38. The van der Waals surface area contributed by atoms with Crippen LogP contribution in [0.2, 0.25) is 0 Å². The van der Waals surface area contributed by atoms with Crippen LogP contribution < -0.4 is 5.32 Å². The third-order valence-corrected chi connectivity index (χ3v) is 3.14. The van der Waals surface area contributed by atoms with E-state index in [0.717, 1.165) is 29.6 Å². The Labute approximate surface area is 106 Å². The van der Waals surface area contributed by atoms with Gasteiger partial charge < -0.3 is 5.32 Å². The second-order valence-electron chi connectivity index (χ2n) is 3.51. The second-order valence-corrected chi connectivity index (χ2v) is 4.63. The van der Waals surface area contributed by atoms with Crippen molar-refractivity contribution in [2.24, 2.45) is 0 Å². The molecule has 88 valence electrons. The molecule has 2 rings (SSSR count). The van der Waals surface area contributed by atoms with Gasteiger partial charge in [0.25, 0.3) is 0 Å². The fraction of sp³-hybridized carbons (Fsp3) is 0.231. The number of rotatable bonds is 6. The van der Waals surface area contributed by atoms with Gasteiger partial charge in [-0.1, -0.05) is 12.1 Å². The van der Waals surface area contributed by atoms with Gasteiger partial charge in [0.05, 0.1) is 10.7 Å². The zero-order valence-electron chi connectivity index (χ0n) is 9.54. The van der Waals surface area contributed by atoms with Gasteiger partial charge >= 0.3 is 0 Å². The molecule has 0 unspecified atom stereocenters. The second kappa shape index (κ2) is 7.04. The summed E-state index contributed by atoms with van der Waals surface area (Å²) in [6, 6.07) is 11.9. The average Bonchev–Trinajstić information content (AvgIpc) is 2.41. The van der Waals surface area contributed by atoms with E-state index in [4.69, 9.17) is 0 Å². The van der Waals surface area contributed by atoms with E-state index in [9.17, 15) is 0 Å². The number of aromatic nitrogens is 2. The molecule has 0 saturated heterocycles. The molecular formula is C13H15N3S.